The Bertz CT molecular complexity index is 400. The van der Waals surface area contributed by atoms with Gasteiger partial charge in [0.15, 0.2) is 0 Å². The number of hydrogen-bond acceptors (Lipinski definition) is 4. The fraction of sp³-hybridized carbons (Fsp3) is 0.455. The topological polar surface area (TPSA) is 68.0 Å². The summed E-state index contributed by atoms with van der Waals surface area (Å²) in [6, 6.07) is 1.28. The number of amides is 1. The lowest BCUT2D eigenvalue weighted by Crippen LogP contribution is -2.36. The summed E-state index contributed by atoms with van der Waals surface area (Å²) in [6.07, 6.45) is 4.17. The van der Waals surface area contributed by atoms with Gasteiger partial charge in [0.2, 0.25) is 5.91 Å². The summed E-state index contributed by atoms with van der Waals surface area (Å²) in [5.41, 5.74) is 7.19. The van der Waals surface area contributed by atoms with Crippen LogP contribution in [0.15, 0.2) is 12.3 Å². The Kier molecular flexibility index (Phi) is 5.74. The first kappa shape index (κ1) is 14.3. The van der Waals surface area contributed by atoms with Gasteiger partial charge in [0.1, 0.15) is 5.15 Å². The summed E-state index contributed by atoms with van der Waals surface area (Å²) in [4.78, 5) is 15.7. The van der Waals surface area contributed by atoms with E-state index in [2.05, 4.69) is 10.3 Å². The number of nitrogens with one attached hydrogen (secondary N) is 1. The fourth-order valence-electron chi connectivity index (χ4n) is 1.24. The van der Waals surface area contributed by atoms with Crippen molar-refractivity contribution in [3.63, 3.8) is 0 Å². The molecule has 1 rings (SSSR count). The van der Waals surface area contributed by atoms with E-state index in [1.807, 2.05) is 13.2 Å². The minimum atomic E-state index is -0.488. The van der Waals surface area contributed by atoms with Gasteiger partial charge in [-0.3, -0.25) is 4.79 Å². The van der Waals surface area contributed by atoms with Crippen LogP contribution in [-0.4, -0.2) is 28.9 Å². The maximum Gasteiger partial charge on any atom is 0.241 e. The van der Waals surface area contributed by atoms with E-state index in [9.17, 15) is 4.79 Å². The predicted octanol–water partition coefficient (Wildman–Crippen LogP) is 2.06. The lowest BCUT2D eigenvalue weighted by molar-refractivity contribution is -0.117. The number of nitrogens with zero attached hydrogens (tertiary/aromatic N) is 1. The normalized spacial score (nSPS) is 12.2. The average molecular weight is 274 g/mol. The molecule has 0 fully saturated rings. The van der Waals surface area contributed by atoms with Crippen molar-refractivity contribution in [1.29, 1.82) is 0 Å². The smallest absolute Gasteiger partial charge is 0.241 e. The second-order valence-electron chi connectivity index (χ2n) is 3.71. The first-order valence-electron chi connectivity index (χ1n) is 5.22. The average Bonchev–Trinajstić information content (AvgIpc) is 2.30. The molecule has 0 bridgehead atoms. The summed E-state index contributed by atoms with van der Waals surface area (Å²) in [5.74, 6) is 0.675. The molecule has 1 aromatic heterocycles. The van der Waals surface area contributed by atoms with Crippen LogP contribution in [0.25, 0.3) is 0 Å². The number of thioether (sulfide) groups is 1. The Morgan fingerprint density at radius 1 is 1.71 bits per heavy atom. The zero-order chi connectivity index (χ0) is 12.8. The first-order chi connectivity index (χ1) is 8.04. The molecule has 0 saturated heterocycles. The van der Waals surface area contributed by atoms with Crippen LogP contribution in [0.1, 0.15) is 12.0 Å². The third-order valence-corrected chi connectivity index (χ3v) is 3.29. The minimum absolute atomic E-state index is 0.192. The molecule has 3 N–H and O–H groups in total. The highest BCUT2D eigenvalue weighted by Gasteiger charge is 2.13. The standard InChI is InChI=1S/C11H16ClN3OS/c1-7-5-8(6-14-10(7)12)15-11(16)9(13)3-4-17-2/h5-6,9H,3-4,13H2,1-2H3,(H,15,16)/t9-/m0/s1. The molecule has 1 amide bonds. The monoisotopic (exact) mass is 273 g/mol. The SMILES string of the molecule is CSCC[C@H](N)C(=O)Nc1cnc(Cl)c(C)c1. The Morgan fingerprint density at radius 2 is 2.41 bits per heavy atom. The molecule has 94 valence electrons. The number of pyridine rings is 1. The van der Waals surface area contributed by atoms with E-state index >= 15 is 0 Å². The van der Waals surface area contributed by atoms with E-state index in [4.69, 9.17) is 17.3 Å². The van der Waals surface area contributed by atoms with Crippen LogP contribution < -0.4 is 11.1 Å². The second-order valence-corrected chi connectivity index (χ2v) is 5.05. The number of anilines is 1. The van der Waals surface area contributed by atoms with E-state index in [0.29, 0.717) is 17.3 Å². The molecule has 17 heavy (non-hydrogen) atoms. The number of aromatic nitrogens is 1. The van der Waals surface area contributed by atoms with Crippen LogP contribution in [0.3, 0.4) is 0 Å². The Morgan fingerprint density at radius 3 is 3.00 bits per heavy atom. The second kappa shape index (κ2) is 6.83. The van der Waals surface area contributed by atoms with Gasteiger partial charge in [-0.15, -0.1) is 0 Å². The van der Waals surface area contributed by atoms with Crippen LogP contribution in [-0.2, 0) is 4.79 Å². The molecule has 0 aliphatic carbocycles. The van der Waals surface area contributed by atoms with Gasteiger partial charge in [0.25, 0.3) is 0 Å². The van der Waals surface area contributed by atoms with Crippen molar-refractivity contribution in [2.24, 2.45) is 5.73 Å². The lowest BCUT2D eigenvalue weighted by atomic mass is 10.2. The van der Waals surface area contributed by atoms with E-state index in [1.54, 1.807) is 17.8 Å². The summed E-state index contributed by atoms with van der Waals surface area (Å²) < 4.78 is 0. The molecule has 0 aromatic carbocycles. The van der Waals surface area contributed by atoms with Crippen molar-refractivity contribution in [2.75, 3.05) is 17.3 Å². The molecule has 1 aromatic rings. The molecule has 0 aliphatic heterocycles. The van der Waals surface area contributed by atoms with Crippen molar-refractivity contribution in [2.45, 2.75) is 19.4 Å². The van der Waals surface area contributed by atoms with Gasteiger partial charge in [0.05, 0.1) is 17.9 Å². The summed E-state index contributed by atoms with van der Waals surface area (Å²) in [7, 11) is 0. The molecule has 0 radical (unpaired) electrons. The molecule has 0 unspecified atom stereocenters. The third-order valence-electron chi connectivity index (χ3n) is 2.25. The van der Waals surface area contributed by atoms with Crippen LogP contribution in [0.4, 0.5) is 5.69 Å². The zero-order valence-electron chi connectivity index (χ0n) is 9.87. The number of carbonyl (C=O) groups is 1. The van der Waals surface area contributed by atoms with Crippen LogP contribution in [0, 0.1) is 6.92 Å². The number of nitrogens with two attached hydrogens (primary N) is 1. The fourth-order valence-corrected chi connectivity index (χ4v) is 1.83. The number of rotatable bonds is 5. The van der Waals surface area contributed by atoms with E-state index < -0.39 is 6.04 Å². The quantitative estimate of drug-likeness (QED) is 0.806. The van der Waals surface area contributed by atoms with Crippen molar-refractivity contribution >= 4 is 35.0 Å². The van der Waals surface area contributed by atoms with Crippen molar-refractivity contribution in [3.8, 4) is 0 Å². The number of carbonyl (C=O) groups excluding carboxylic acids is 1. The van der Waals surface area contributed by atoms with Gasteiger partial charge in [-0.2, -0.15) is 11.8 Å². The molecule has 6 heteroatoms. The predicted molar refractivity (Wildman–Crippen MR) is 73.6 cm³/mol. The molecule has 4 nitrogen and oxygen atoms in total. The Balaban J connectivity index is 2.58. The van der Waals surface area contributed by atoms with E-state index in [1.165, 1.54) is 6.20 Å². The Hall–Kier alpha value is -0.780. The Labute approximate surface area is 110 Å². The highest BCUT2D eigenvalue weighted by molar-refractivity contribution is 7.98. The number of halogens is 1. The molecular weight excluding hydrogens is 258 g/mol. The molecular formula is C11H16ClN3OS. The largest absolute Gasteiger partial charge is 0.323 e. The number of hydrogen-bond donors (Lipinski definition) is 2. The lowest BCUT2D eigenvalue weighted by Gasteiger charge is -2.11. The van der Waals surface area contributed by atoms with Crippen molar-refractivity contribution < 1.29 is 4.79 Å². The third kappa shape index (κ3) is 4.53. The molecule has 0 spiro atoms. The highest BCUT2D eigenvalue weighted by atomic mass is 35.5. The molecule has 0 saturated carbocycles. The minimum Gasteiger partial charge on any atom is -0.323 e. The van der Waals surface area contributed by atoms with E-state index in [0.717, 1.165) is 11.3 Å². The van der Waals surface area contributed by atoms with Gasteiger partial charge in [-0.25, -0.2) is 4.98 Å². The maximum atomic E-state index is 11.7. The number of aryl methyl sites for hydroxylation is 1. The van der Waals surface area contributed by atoms with Gasteiger partial charge >= 0.3 is 0 Å². The molecule has 1 atom stereocenters. The van der Waals surface area contributed by atoms with Crippen LogP contribution >= 0.6 is 23.4 Å². The molecule has 1 heterocycles. The van der Waals surface area contributed by atoms with Crippen molar-refractivity contribution in [3.05, 3.63) is 23.0 Å². The first-order valence-corrected chi connectivity index (χ1v) is 6.99. The summed E-state index contributed by atoms with van der Waals surface area (Å²) in [6.45, 7) is 1.83. The van der Waals surface area contributed by atoms with Crippen LogP contribution in [0.5, 0.6) is 0 Å². The summed E-state index contributed by atoms with van der Waals surface area (Å²) >= 11 is 7.47. The van der Waals surface area contributed by atoms with Gasteiger partial charge in [-0.1, -0.05) is 11.6 Å². The van der Waals surface area contributed by atoms with Gasteiger partial charge in [0, 0.05) is 0 Å². The van der Waals surface area contributed by atoms with Gasteiger partial charge < -0.3 is 11.1 Å². The van der Waals surface area contributed by atoms with Crippen molar-refractivity contribution in [1.82, 2.24) is 4.98 Å². The summed E-state index contributed by atoms with van der Waals surface area (Å²) in [5, 5.41) is 3.16. The highest BCUT2D eigenvalue weighted by Crippen LogP contribution is 2.16. The zero-order valence-corrected chi connectivity index (χ0v) is 11.4. The van der Waals surface area contributed by atoms with Crippen LogP contribution in [0.2, 0.25) is 5.15 Å². The maximum absolute atomic E-state index is 11.7. The van der Waals surface area contributed by atoms with Gasteiger partial charge in [-0.05, 0) is 37.0 Å². The van der Waals surface area contributed by atoms with E-state index in [-0.39, 0.29) is 5.91 Å². The molecule has 0 aliphatic rings.